The van der Waals surface area contributed by atoms with E-state index < -0.39 is 0 Å². The Morgan fingerprint density at radius 1 is 1.12 bits per heavy atom. The highest BCUT2D eigenvalue weighted by Crippen LogP contribution is 2.23. The Bertz CT molecular complexity index is 433. The third-order valence-electron chi connectivity index (χ3n) is 5.61. The highest BCUT2D eigenvalue weighted by Gasteiger charge is 2.36. The van der Waals surface area contributed by atoms with Gasteiger partial charge in [0.25, 0.3) is 0 Å². The van der Waals surface area contributed by atoms with Gasteiger partial charge in [0.1, 0.15) is 12.7 Å². The fraction of sp³-hybridized carbons (Fsp3) is 0.773. The first kappa shape index (κ1) is 22.8. The molecule has 2 unspecified atom stereocenters. The van der Waals surface area contributed by atoms with Crippen molar-refractivity contribution in [2.45, 2.75) is 91.1 Å². The van der Waals surface area contributed by atoms with Gasteiger partial charge in [-0.05, 0) is 33.1 Å². The fourth-order valence-electron chi connectivity index (χ4n) is 3.88. The van der Waals surface area contributed by atoms with Gasteiger partial charge in [-0.25, -0.2) is 0 Å². The van der Waals surface area contributed by atoms with Gasteiger partial charge in [0.2, 0.25) is 5.91 Å². The second kappa shape index (κ2) is 13.9. The summed E-state index contributed by atoms with van der Waals surface area (Å²) in [7, 11) is 0. The summed E-state index contributed by atoms with van der Waals surface area (Å²) < 4.78 is 0.951. The third-order valence-corrected chi connectivity index (χ3v) is 5.61. The number of hydrogen-bond donors (Lipinski definition) is 2. The van der Waals surface area contributed by atoms with Crippen molar-refractivity contribution >= 4 is 5.91 Å². The maximum atomic E-state index is 11.1. The summed E-state index contributed by atoms with van der Waals surface area (Å²) in [6.45, 7) is 8.73. The number of allylic oxidation sites excluding steroid dienone is 2. The first-order chi connectivity index (χ1) is 12.6. The fourth-order valence-corrected chi connectivity index (χ4v) is 3.88. The molecule has 1 rings (SSSR count). The van der Waals surface area contributed by atoms with Crippen molar-refractivity contribution in [1.82, 2.24) is 10.6 Å². The molecule has 1 amide bonds. The summed E-state index contributed by atoms with van der Waals surface area (Å²) >= 11 is 0. The molecule has 150 valence electrons. The van der Waals surface area contributed by atoms with Gasteiger partial charge in [0.15, 0.2) is 6.17 Å². The van der Waals surface area contributed by atoms with E-state index >= 15 is 0 Å². The van der Waals surface area contributed by atoms with Crippen molar-refractivity contribution in [3.05, 3.63) is 24.6 Å². The molecule has 2 atom stereocenters. The van der Waals surface area contributed by atoms with Crippen molar-refractivity contribution in [3.8, 4) is 0 Å². The first-order valence-electron chi connectivity index (χ1n) is 10.8. The summed E-state index contributed by atoms with van der Waals surface area (Å²) in [6, 6.07) is 0. The van der Waals surface area contributed by atoms with E-state index in [1.54, 1.807) is 6.92 Å². The number of nitrogens with zero attached hydrogens (tertiary/aromatic N) is 1. The van der Waals surface area contributed by atoms with Crippen molar-refractivity contribution in [2.24, 2.45) is 0 Å². The summed E-state index contributed by atoms with van der Waals surface area (Å²) in [4.78, 5) is 11.1. The average Bonchev–Trinajstić information content (AvgIpc) is 3.02. The molecular formula is C22H42N3O+. The Labute approximate surface area is 161 Å². The van der Waals surface area contributed by atoms with Crippen LogP contribution in [0.15, 0.2) is 24.6 Å². The molecule has 1 aliphatic rings. The number of likely N-dealkylation sites (N-methyl/N-ethyl adjacent to an activating group) is 1. The van der Waals surface area contributed by atoms with Crippen LogP contribution in [0.2, 0.25) is 0 Å². The summed E-state index contributed by atoms with van der Waals surface area (Å²) in [6.07, 6.45) is 22.6. The molecule has 0 spiro atoms. The van der Waals surface area contributed by atoms with Crippen molar-refractivity contribution in [1.29, 1.82) is 0 Å². The number of hydrogen-bond acceptors (Lipinski definition) is 2. The van der Waals surface area contributed by atoms with Gasteiger partial charge in [0.05, 0.1) is 19.3 Å². The summed E-state index contributed by atoms with van der Waals surface area (Å²) in [5, 5.41) is 6.49. The zero-order valence-electron chi connectivity index (χ0n) is 17.4. The Morgan fingerprint density at radius 3 is 2.38 bits per heavy atom. The Morgan fingerprint density at radius 2 is 1.77 bits per heavy atom. The second-order valence-electron chi connectivity index (χ2n) is 7.60. The van der Waals surface area contributed by atoms with Gasteiger partial charge in [-0.2, -0.15) is 0 Å². The van der Waals surface area contributed by atoms with Gasteiger partial charge in [0, 0.05) is 13.3 Å². The van der Waals surface area contributed by atoms with E-state index in [0.717, 1.165) is 24.1 Å². The van der Waals surface area contributed by atoms with Crippen LogP contribution in [0.5, 0.6) is 0 Å². The predicted molar refractivity (Wildman–Crippen MR) is 111 cm³/mol. The lowest BCUT2D eigenvalue weighted by atomic mass is 10.0. The molecule has 0 aromatic heterocycles. The minimum absolute atomic E-state index is 0.0637. The molecule has 0 radical (unpaired) electrons. The molecule has 26 heavy (non-hydrogen) atoms. The third kappa shape index (κ3) is 8.88. The number of carbonyl (C=O) groups is 1. The van der Waals surface area contributed by atoms with Gasteiger partial charge in [-0.3, -0.25) is 9.28 Å². The van der Waals surface area contributed by atoms with Crippen LogP contribution in [0.3, 0.4) is 0 Å². The van der Waals surface area contributed by atoms with Gasteiger partial charge in [-0.1, -0.05) is 50.7 Å². The number of nitrogens with one attached hydrogen (secondary N) is 2. The number of quaternary nitrogens is 1. The van der Waals surface area contributed by atoms with Crippen LogP contribution < -0.4 is 10.6 Å². The summed E-state index contributed by atoms with van der Waals surface area (Å²) in [5.74, 6) is 0.0637. The molecule has 0 aromatic rings. The van der Waals surface area contributed by atoms with Crippen molar-refractivity contribution in [2.75, 3.05) is 19.6 Å². The van der Waals surface area contributed by atoms with Crippen LogP contribution in [-0.2, 0) is 4.79 Å². The van der Waals surface area contributed by atoms with Gasteiger partial charge >= 0.3 is 0 Å². The van der Waals surface area contributed by atoms with Crippen molar-refractivity contribution < 1.29 is 9.28 Å². The van der Waals surface area contributed by atoms with Crippen LogP contribution in [0.1, 0.15) is 85.0 Å². The molecule has 0 saturated heterocycles. The second-order valence-corrected chi connectivity index (χ2v) is 7.60. The molecule has 4 heteroatoms. The Balaban J connectivity index is 2.10. The predicted octanol–water partition coefficient (Wildman–Crippen LogP) is 4.84. The van der Waals surface area contributed by atoms with Crippen LogP contribution in [0.4, 0.5) is 0 Å². The molecule has 4 nitrogen and oxygen atoms in total. The molecule has 0 aromatic carbocycles. The molecule has 0 aliphatic carbocycles. The van der Waals surface area contributed by atoms with Gasteiger partial charge < -0.3 is 10.6 Å². The topological polar surface area (TPSA) is 41.1 Å². The Hall–Kier alpha value is -1.29. The molecule has 0 fully saturated rings. The summed E-state index contributed by atoms with van der Waals surface area (Å²) in [5.41, 5.74) is 0. The molecule has 1 heterocycles. The normalized spacial score (nSPS) is 22.0. The lowest BCUT2D eigenvalue weighted by molar-refractivity contribution is -0.898. The SMILES string of the molecule is C/C=C/CCCCCCCCCCC1NC=C[N+]1(CC)CCNC(C)=O. The van der Waals surface area contributed by atoms with Crippen LogP contribution in [-0.4, -0.2) is 36.2 Å². The Kier molecular flexibility index (Phi) is 12.1. The van der Waals surface area contributed by atoms with Gasteiger partial charge in [-0.15, -0.1) is 0 Å². The van der Waals surface area contributed by atoms with Crippen molar-refractivity contribution in [3.63, 3.8) is 0 Å². The quantitative estimate of drug-likeness (QED) is 0.248. The lowest BCUT2D eigenvalue weighted by Crippen LogP contribution is -2.55. The lowest BCUT2D eigenvalue weighted by Gasteiger charge is -2.37. The number of unbranched alkanes of at least 4 members (excludes halogenated alkanes) is 8. The molecule has 2 N–H and O–H groups in total. The highest BCUT2D eigenvalue weighted by molar-refractivity contribution is 5.72. The van der Waals surface area contributed by atoms with Crippen LogP contribution in [0, 0.1) is 0 Å². The maximum Gasteiger partial charge on any atom is 0.217 e. The van der Waals surface area contributed by atoms with E-state index in [4.69, 9.17) is 0 Å². The van der Waals surface area contributed by atoms with Crippen LogP contribution in [0.25, 0.3) is 0 Å². The monoisotopic (exact) mass is 364 g/mol. The zero-order chi connectivity index (χ0) is 19.1. The number of carbonyl (C=O) groups excluding carboxylic acids is 1. The maximum absolute atomic E-state index is 11.1. The van der Waals surface area contributed by atoms with E-state index in [2.05, 4.69) is 49.0 Å². The molecule has 0 saturated carbocycles. The minimum atomic E-state index is 0.0637. The van der Waals surface area contributed by atoms with E-state index in [0.29, 0.717) is 6.17 Å². The van der Waals surface area contributed by atoms with E-state index in [1.165, 1.54) is 64.2 Å². The number of amides is 1. The molecule has 1 aliphatic heterocycles. The smallest absolute Gasteiger partial charge is 0.217 e. The molecule has 0 bridgehead atoms. The van der Waals surface area contributed by atoms with Crippen LogP contribution >= 0.6 is 0 Å². The number of rotatable bonds is 15. The van der Waals surface area contributed by atoms with E-state index in [1.807, 2.05) is 0 Å². The minimum Gasteiger partial charge on any atom is -0.351 e. The molecular weight excluding hydrogens is 322 g/mol. The van der Waals surface area contributed by atoms with E-state index in [9.17, 15) is 4.79 Å². The van der Waals surface area contributed by atoms with E-state index in [-0.39, 0.29) is 5.91 Å². The largest absolute Gasteiger partial charge is 0.351 e. The highest BCUT2D eigenvalue weighted by atomic mass is 16.1. The zero-order valence-corrected chi connectivity index (χ0v) is 17.4. The standard InChI is InChI=1S/C22H41N3O/c1-4-6-7-8-9-10-11-12-13-14-15-16-22-24-18-20-25(22,5-2)19-17-23-21(3)26/h4,6,18,20,22,24H,5,7-17,19H2,1-3H3/p+1/b6-4+. The average molecular weight is 365 g/mol. The first-order valence-corrected chi connectivity index (χ1v) is 10.8.